The summed E-state index contributed by atoms with van der Waals surface area (Å²) in [4.78, 5) is 12.2. The highest BCUT2D eigenvalue weighted by Gasteiger charge is 2.21. The van der Waals surface area contributed by atoms with Gasteiger partial charge in [0.15, 0.2) is 5.03 Å². The van der Waals surface area contributed by atoms with Crippen LogP contribution in [-0.2, 0) is 17.1 Å². The average molecular weight is 311 g/mol. The molecule has 0 aliphatic heterocycles. The lowest BCUT2D eigenvalue weighted by molar-refractivity contribution is 0.378. The summed E-state index contributed by atoms with van der Waals surface area (Å²) in [6, 6.07) is 0.196. The van der Waals surface area contributed by atoms with Crippen molar-refractivity contribution in [3.05, 3.63) is 23.4 Å². The van der Waals surface area contributed by atoms with Gasteiger partial charge in [-0.25, -0.2) is 4.98 Å². The topological polar surface area (TPSA) is 99.0 Å². The van der Waals surface area contributed by atoms with E-state index in [1.54, 1.807) is 32.4 Å². The minimum absolute atomic E-state index is 0.0443. The number of sulfonamides is 1. The lowest BCUT2D eigenvalue weighted by Crippen LogP contribution is -2.16. The molecule has 114 valence electrons. The molecule has 0 radical (unpaired) electrons. The predicted molar refractivity (Wildman–Crippen MR) is 76.8 cm³/mol. The first-order valence-electron chi connectivity index (χ1n) is 6.16. The third-order valence-electron chi connectivity index (χ3n) is 3.03. The summed E-state index contributed by atoms with van der Waals surface area (Å²) in [5.41, 5.74) is 1.30. The normalized spacial score (nSPS) is 11.5. The highest BCUT2D eigenvalue weighted by Crippen LogP contribution is 2.22. The zero-order valence-corrected chi connectivity index (χ0v) is 13.3. The SMILES string of the molecule is COc1nc(C)c(NS(=O)(=O)c2cn(C)c(C)n2)c(C)n1. The van der Waals surface area contributed by atoms with E-state index in [2.05, 4.69) is 19.7 Å². The van der Waals surface area contributed by atoms with Crippen LogP contribution in [0.15, 0.2) is 11.2 Å². The number of hydrogen-bond donors (Lipinski definition) is 1. The third-order valence-corrected chi connectivity index (χ3v) is 4.25. The molecule has 0 amide bonds. The molecule has 0 saturated heterocycles. The van der Waals surface area contributed by atoms with Crippen molar-refractivity contribution in [2.75, 3.05) is 11.8 Å². The van der Waals surface area contributed by atoms with Crippen LogP contribution >= 0.6 is 0 Å². The molecule has 0 aliphatic carbocycles. The van der Waals surface area contributed by atoms with Crippen molar-refractivity contribution < 1.29 is 13.2 Å². The minimum atomic E-state index is -3.78. The molecule has 0 unspecified atom stereocenters. The first-order valence-corrected chi connectivity index (χ1v) is 7.65. The molecule has 0 saturated carbocycles. The molecule has 1 N–H and O–H groups in total. The van der Waals surface area contributed by atoms with Crippen LogP contribution < -0.4 is 9.46 Å². The van der Waals surface area contributed by atoms with E-state index in [1.807, 2.05) is 0 Å². The second-order valence-corrected chi connectivity index (χ2v) is 6.23. The molecule has 8 nitrogen and oxygen atoms in total. The van der Waals surface area contributed by atoms with Gasteiger partial charge in [0.1, 0.15) is 5.82 Å². The zero-order chi connectivity index (χ0) is 15.8. The summed E-state index contributed by atoms with van der Waals surface area (Å²) in [7, 11) is -0.599. The molecule has 0 spiro atoms. The molecular formula is C12H17N5O3S. The van der Waals surface area contributed by atoms with Crippen LogP contribution in [0.5, 0.6) is 6.01 Å². The summed E-state index contributed by atoms with van der Waals surface area (Å²) in [5.74, 6) is 0.606. The van der Waals surface area contributed by atoms with Gasteiger partial charge < -0.3 is 9.30 Å². The van der Waals surface area contributed by atoms with Gasteiger partial charge in [-0.2, -0.15) is 18.4 Å². The Hall–Kier alpha value is -2.16. The molecule has 0 aromatic carbocycles. The molecular weight excluding hydrogens is 294 g/mol. The van der Waals surface area contributed by atoms with E-state index in [9.17, 15) is 8.42 Å². The molecule has 0 atom stereocenters. The van der Waals surface area contributed by atoms with Crippen LogP contribution in [0.4, 0.5) is 5.69 Å². The molecule has 0 fully saturated rings. The number of nitrogens with one attached hydrogen (secondary N) is 1. The number of imidazole rings is 1. The quantitative estimate of drug-likeness (QED) is 0.902. The van der Waals surface area contributed by atoms with Crippen molar-refractivity contribution in [2.45, 2.75) is 25.8 Å². The molecule has 21 heavy (non-hydrogen) atoms. The molecule has 2 aromatic rings. The second kappa shape index (κ2) is 5.32. The van der Waals surface area contributed by atoms with E-state index in [-0.39, 0.29) is 11.0 Å². The molecule has 2 aromatic heterocycles. The van der Waals surface area contributed by atoms with E-state index in [4.69, 9.17) is 4.74 Å². The maximum atomic E-state index is 12.4. The predicted octanol–water partition coefficient (Wildman–Crippen LogP) is 0.945. The summed E-state index contributed by atoms with van der Waals surface area (Å²) in [6.07, 6.45) is 1.45. The van der Waals surface area contributed by atoms with E-state index in [1.165, 1.54) is 13.3 Å². The van der Waals surface area contributed by atoms with Crippen LogP contribution in [0.3, 0.4) is 0 Å². The Morgan fingerprint density at radius 3 is 2.14 bits per heavy atom. The van der Waals surface area contributed by atoms with Crippen molar-refractivity contribution in [1.29, 1.82) is 0 Å². The lowest BCUT2D eigenvalue weighted by Gasteiger charge is -2.11. The summed E-state index contributed by atoms with van der Waals surface area (Å²) in [5, 5.41) is -0.0443. The minimum Gasteiger partial charge on any atom is -0.467 e. The number of ether oxygens (including phenoxy) is 1. The van der Waals surface area contributed by atoms with Crippen molar-refractivity contribution >= 4 is 15.7 Å². The number of aromatic nitrogens is 4. The van der Waals surface area contributed by atoms with Crippen molar-refractivity contribution in [3.63, 3.8) is 0 Å². The first-order chi connectivity index (χ1) is 9.74. The summed E-state index contributed by atoms with van der Waals surface area (Å²) < 4.78 is 33.8. The Kier molecular flexibility index (Phi) is 3.86. The Labute approximate surface area is 123 Å². The van der Waals surface area contributed by atoms with Gasteiger partial charge in [0.25, 0.3) is 10.0 Å². The number of aryl methyl sites for hydroxylation is 4. The van der Waals surface area contributed by atoms with Gasteiger partial charge >= 0.3 is 6.01 Å². The van der Waals surface area contributed by atoms with Crippen LogP contribution in [0.25, 0.3) is 0 Å². The fraction of sp³-hybridized carbons (Fsp3) is 0.417. The number of rotatable bonds is 4. The average Bonchev–Trinajstić information content (AvgIpc) is 2.74. The number of methoxy groups -OCH3 is 1. The maximum Gasteiger partial charge on any atom is 0.316 e. The molecule has 0 bridgehead atoms. The number of nitrogens with zero attached hydrogens (tertiary/aromatic N) is 4. The summed E-state index contributed by atoms with van der Waals surface area (Å²) in [6.45, 7) is 5.09. The van der Waals surface area contributed by atoms with Crippen molar-refractivity contribution in [3.8, 4) is 6.01 Å². The van der Waals surface area contributed by atoms with Crippen molar-refractivity contribution in [1.82, 2.24) is 19.5 Å². The standard InChI is InChI=1S/C12H17N5O3S/c1-7-11(8(2)14-12(13-7)20-5)16-21(18,19)10-6-17(4)9(3)15-10/h6,16H,1-5H3. The van der Waals surface area contributed by atoms with E-state index in [0.29, 0.717) is 22.9 Å². The monoisotopic (exact) mass is 311 g/mol. The van der Waals surface area contributed by atoms with E-state index < -0.39 is 10.0 Å². The maximum absolute atomic E-state index is 12.4. The molecule has 2 heterocycles. The second-order valence-electron chi connectivity index (χ2n) is 4.60. The van der Waals surface area contributed by atoms with Gasteiger partial charge in [-0.15, -0.1) is 0 Å². The van der Waals surface area contributed by atoms with Gasteiger partial charge in [-0.1, -0.05) is 0 Å². The first kappa shape index (κ1) is 15.2. The lowest BCUT2D eigenvalue weighted by atomic mass is 10.3. The van der Waals surface area contributed by atoms with Crippen LogP contribution in [0.2, 0.25) is 0 Å². The van der Waals surface area contributed by atoms with Gasteiger partial charge in [0.05, 0.1) is 24.2 Å². The van der Waals surface area contributed by atoms with Crippen LogP contribution in [0.1, 0.15) is 17.2 Å². The van der Waals surface area contributed by atoms with Gasteiger partial charge in [0.2, 0.25) is 0 Å². The number of hydrogen-bond acceptors (Lipinski definition) is 6. The zero-order valence-electron chi connectivity index (χ0n) is 12.5. The molecule has 0 aliphatic rings. The Balaban J connectivity index is 2.41. The van der Waals surface area contributed by atoms with Crippen molar-refractivity contribution in [2.24, 2.45) is 7.05 Å². The highest BCUT2D eigenvalue weighted by molar-refractivity contribution is 7.92. The molecule has 2 rings (SSSR count). The highest BCUT2D eigenvalue weighted by atomic mass is 32.2. The smallest absolute Gasteiger partial charge is 0.316 e. The Morgan fingerprint density at radius 2 is 1.71 bits per heavy atom. The Bertz CT molecular complexity index is 740. The molecule has 9 heteroatoms. The van der Waals surface area contributed by atoms with Gasteiger partial charge in [-0.05, 0) is 20.8 Å². The van der Waals surface area contributed by atoms with E-state index in [0.717, 1.165) is 0 Å². The van der Waals surface area contributed by atoms with Crippen LogP contribution in [0, 0.1) is 20.8 Å². The Morgan fingerprint density at radius 1 is 1.14 bits per heavy atom. The van der Waals surface area contributed by atoms with Crippen LogP contribution in [-0.4, -0.2) is 35.0 Å². The van der Waals surface area contributed by atoms with Gasteiger partial charge in [0, 0.05) is 13.2 Å². The fourth-order valence-corrected chi connectivity index (χ4v) is 2.98. The van der Waals surface area contributed by atoms with E-state index >= 15 is 0 Å². The third kappa shape index (κ3) is 2.97. The van der Waals surface area contributed by atoms with Gasteiger partial charge in [-0.3, -0.25) is 4.72 Å². The summed E-state index contributed by atoms with van der Waals surface area (Å²) >= 11 is 0. The fourth-order valence-electron chi connectivity index (χ4n) is 1.77. The largest absolute Gasteiger partial charge is 0.467 e. The number of anilines is 1.